The van der Waals surface area contributed by atoms with E-state index in [0.717, 1.165) is 39.1 Å². The number of nitrogens with zero attached hydrogens (tertiary/aromatic N) is 2. The van der Waals surface area contributed by atoms with Crippen LogP contribution < -0.4 is 0 Å². The third kappa shape index (κ3) is 5.46. The Kier molecular flexibility index (Phi) is 4.98. The van der Waals surface area contributed by atoms with E-state index in [-0.39, 0.29) is 5.75 Å². The first kappa shape index (κ1) is 12.9. The van der Waals surface area contributed by atoms with Gasteiger partial charge in [-0.25, -0.2) is 0 Å². The van der Waals surface area contributed by atoms with Crippen molar-refractivity contribution < 1.29 is 13.0 Å². The lowest BCUT2D eigenvalue weighted by molar-refractivity contribution is 0.137. The van der Waals surface area contributed by atoms with Crippen molar-refractivity contribution in [3.8, 4) is 0 Å². The smallest absolute Gasteiger partial charge is 0.266 e. The fourth-order valence-corrected chi connectivity index (χ4v) is 2.29. The Morgan fingerprint density at radius 2 is 1.53 bits per heavy atom. The highest BCUT2D eigenvalue weighted by Gasteiger charge is 2.17. The molecule has 1 fully saturated rings. The van der Waals surface area contributed by atoms with Crippen LogP contribution in [0.1, 0.15) is 13.3 Å². The van der Waals surface area contributed by atoms with E-state index in [1.807, 2.05) is 0 Å². The molecule has 1 N–H and O–H groups in total. The molecule has 1 rings (SSSR count). The number of hydrogen-bond acceptors (Lipinski definition) is 4. The molecule has 0 atom stereocenters. The molecule has 1 aliphatic heterocycles. The van der Waals surface area contributed by atoms with Gasteiger partial charge in [0.05, 0.1) is 5.75 Å². The third-order valence-corrected chi connectivity index (χ3v) is 3.37. The maximum absolute atomic E-state index is 10.6. The molecule has 0 aromatic heterocycles. The molecular formula is C9H20N2O3S. The Balaban J connectivity index is 2.20. The van der Waals surface area contributed by atoms with Crippen LogP contribution in [0.4, 0.5) is 0 Å². The highest BCUT2D eigenvalue weighted by molar-refractivity contribution is 7.85. The van der Waals surface area contributed by atoms with Crippen molar-refractivity contribution in [3.05, 3.63) is 0 Å². The topological polar surface area (TPSA) is 60.9 Å². The summed E-state index contributed by atoms with van der Waals surface area (Å²) in [5, 5.41) is 0. The first-order valence-electron chi connectivity index (χ1n) is 5.41. The van der Waals surface area contributed by atoms with Gasteiger partial charge in [-0.05, 0) is 13.0 Å². The van der Waals surface area contributed by atoms with E-state index in [1.54, 1.807) is 0 Å². The predicted octanol–water partition coefficient (Wildman–Crippen LogP) is -0.0982. The number of rotatable bonds is 5. The van der Waals surface area contributed by atoms with E-state index in [1.165, 1.54) is 0 Å². The summed E-state index contributed by atoms with van der Waals surface area (Å²) >= 11 is 0. The quantitative estimate of drug-likeness (QED) is 0.676. The van der Waals surface area contributed by atoms with E-state index in [9.17, 15) is 8.42 Å². The van der Waals surface area contributed by atoms with E-state index < -0.39 is 10.1 Å². The lowest BCUT2D eigenvalue weighted by atomic mass is 10.3. The second-order valence-electron chi connectivity index (χ2n) is 3.97. The fraction of sp³-hybridized carbons (Fsp3) is 1.00. The van der Waals surface area contributed by atoms with Crippen LogP contribution in [0.25, 0.3) is 0 Å². The molecule has 0 spiro atoms. The lowest BCUT2D eigenvalue weighted by Crippen LogP contribution is -2.47. The minimum absolute atomic E-state index is 0.152. The monoisotopic (exact) mass is 236 g/mol. The first-order valence-corrected chi connectivity index (χ1v) is 7.02. The van der Waals surface area contributed by atoms with Crippen molar-refractivity contribution in [2.24, 2.45) is 0 Å². The second-order valence-corrected chi connectivity index (χ2v) is 5.54. The van der Waals surface area contributed by atoms with Crippen molar-refractivity contribution in [1.82, 2.24) is 9.80 Å². The minimum Gasteiger partial charge on any atom is -0.301 e. The number of hydrogen-bond donors (Lipinski definition) is 1. The molecule has 0 aromatic rings. The summed E-state index contributed by atoms with van der Waals surface area (Å²) in [4.78, 5) is 4.46. The van der Waals surface area contributed by atoms with Crippen LogP contribution in [0.2, 0.25) is 0 Å². The molecule has 0 bridgehead atoms. The van der Waals surface area contributed by atoms with E-state index in [4.69, 9.17) is 4.55 Å². The van der Waals surface area contributed by atoms with Gasteiger partial charge in [0.25, 0.3) is 10.1 Å². The van der Waals surface area contributed by atoms with Gasteiger partial charge in [0.2, 0.25) is 0 Å². The van der Waals surface area contributed by atoms with Crippen LogP contribution >= 0.6 is 0 Å². The van der Waals surface area contributed by atoms with Crippen molar-refractivity contribution in [2.75, 3.05) is 45.0 Å². The molecule has 15 heavy (non-hydrogen) atoms. The van der Waals surface area contributed by atoms with Crippen LogP contribution in [0.5, 0.6) is 0 Å². The molecule has 5 nitrogen and oxygen atoms in total. The molecule has 0 unspecified atom stereocenters. The van der Waals surface area contributed by atoms with Crippen molar-refractivity contribution in [3.63, 3.8) is 0 Å². The van der Waals surface area contributed by atoms with Gasteiger partial charge in [-0.15, -0.1) is 0 Å². The maximum Gasteiger partial charge on any atom is 0.266 e. The first-order chi connectivity index (χ1) is 7.01. The van der Waals surface area contributed by atoms with Crippen LogP contribution in [0.3, 0.4) is 0 Å². The normalized spacial score (nSPS) is 20.7. The summed E-state index contributed by atoms with van der Waals surface area (Å²) in [6.07, 6.45) is 1.16. The summed E-state index contributed by atoms with van der Waals surface area (Å²) in [5.74, 6) is -0.152. The van der Waals surface area contributed by atoms with E-state index >= 15 is 0 Å². The Morgan fingerprint density at radius 3 is 1.93 bits per heavy atom. The zero-order chi connectivity index (χ0) is 11.3. The predicted molar refractivity (Wildman–Crippen MR) is 59.6 cm³/mol. The third-order valence-electron chi connectivity index (χ3n) is 2.67. The molecule has 1 heterocycles. The van der Waals surface area contributed by atoms with Crippen LogP contribution in [-0.4, -0.2) is 67.8 Å². The molecular weight excluding hydrogens is 216 g/mol. The van der Waals surface area contributed by atoms with Gasteiger partial charge in [0, 0.05) is 32.7 Å². The molecule has 90 valence electrons. The SMILES string of the molecule is CCCN1CCN(CCS(=O)(=O)O)CC1. The average Bonchev–Trinajstić information content (AvgIpc) is 2.16. The van der Waals surface area contributed by atoms with Gasteiger partial charge in [0.15, 0.2) is 0 Å². The van der Waals surface area contributed by atoms with Crippen LogP contribution in [0, 0.1) is 0 Å². The molecule has 0 aromatic carbocycles. The van der Waals surface area contributed by atoms with Gasteiger partial charge >= 0.3 is 0 Å². The zero-order valence-electron chi connectivity index (χ0n) is 9.22. The molecule has 1 saturated heterocycles. The van der Waals surface area contributed by atoms with Gasteiger partial charge < -0.3 is 4.90 Å². The summed E-state index contributed by atoms with van der Waals surface area (Å²) < 4.78 is 29.7. The maximum atomic E-state index is 10.6. The second kappa shape index (κ2) is 5.79. The highest BCUT2D eigenvalue weighted by atomic mass is 32.2. The average molecular weight is 236 g/mol. The van der Waals surface area contributed by atoms with Crippen LogP contribution in [-0.2, 0) is 10.1 Å². The fourth-order valence-electron chi connectivity index (χ4n) is 1.80. The summed E-state index contributed by atoms with van der Waals surface area (Å²) in [7, 11) is -3.80. The summed E-state index contributed by atoms with van der Waals surface area (Å²) in [6.45, 7) is 7.51. The van der Waals surface area contributed by atoms with Crippen molar-refractivity contribution in [1.29, 1.82) is 0 Å². The van der Waals surface area contributed by atoms with E-state index in [2.05, 4.69) is 16.7 Å². The Morgan fingerprint density at radius 1 is 1.07 bits per heavy atom. The molecule has 1 aliphatic rings. The molecule has 6 heteroatoms. The Labute approximate surface area is 91.8 Å². The summed E-state index contributed by atoms with van der Waals surface area (Å²) in [5.41, 5.74) is 0. The molecule has 0 radical (unpaired) electrons. The zero-order valence-corrected chi connectivity index (χ0v) is 10.0. The lowest BCUT2D eigenvalue weighted by Gasteiger charge is -2.34. The van der Waals surface area contributed by atoms with E-state index in [0.29, 0.717) is 6.54 Å². The Bertz CT molecular complexity index is 271. The van der Waals surface area contributed by atoms with Gasteiger partial charge in [-0.3, -0.25) is 9.45 Å². The van der Waals surface area contributed by atoms with Gasteiger partial charge in [-0.2, -0.15) is 8.42 Å². The summed E-state index contributed by atoms with van der Waals surface area (Å²) in [6, 6.07) is 0. The minimum atomic E-state index is -3.80. The largest absolute Gasteiger partial charge is 0.301 e. The molecule has 0 amide bonds. The highest BCUT2D eigenvalue weighted by Crippen LogP contribution is 2.02. The molecule has 0 aliphatic carbocycles. The van der Waals surface area contributed by atoms with Gasteiger partial charge in [0.1, 0.15) is 0 Å². The Hall–Kier alpha value is -0.170. The standard InChI is InChI=1S/C9H20N2O3S/c1-2-3-10-4-6-11(7-5-10)8-9-15(12,13)14/h2-9H2,1H3,(H,12,13,14). The van der Waals surface area contributed by atoms with Crippen molar-refractivity contribution in [2.45, 2.75) is 13.3 Å². The van der Waals surface area contributed by atoms with Crippen LogP contribution in [0.15, 0.2) is 0 Å². The van der Waals surface area contributed by atoms with Crippen molar-refractivity contribution >= 4 is 10.1 Å². The van der Waals surface area contributed by atoms with Gasteiger partial charge in [-0.1, -0.05) is 6.92 Å². The molecule has 0 saturated carbocycles. The number of piperazine rings is 1.